The highest BCUT2D eigenvalue weighted by Gasteiger charge is 2.33. The van der Waals surface area contributed by atoms with Crippen LogP contribution in [0.2, 0.25) is 0 Å². The minimum absolute atomic E-state index is 0.570. The number of nitrogens with one attached hydrogen (secondary N) is 2. The van der Waals surface area contributed by atoms with Gasteiger partial charge in [0, 0.05) is 33.2 Å². The summed E-state index contributed by atoms with van der Waals surface area (Å²) in [5.41, 5.74) is 1.37. The second-order valence-electron chi connectivity index (χ2n) is 5.51. The SMILES string of the molecule is CN=C(NC)NCC(C1CC1)N(C)Cc1ccccc1. The summed E-state index contributed by atoms with van der Waals surface area (Å²) in [7, 11) is 5.92. The normalized spacial score (nSPS) is 17.1. The first kappa shape index (κ1) is 14.9. The summed E-state index contributed by atoms with van der Waals surface area (Å²) in [5.74, 6) is 1.69. The number of rotatable bonds is 6. The maximum absolute atomic E-state index is 4.18. The van der Waals surface area contributed by atoms with Crippen molar-refractivity contribution in [3.8, 4) is 0 Å². The number of benzene rings is 1. The minimum atomic E-state index is 0.570. The molecule has 0 heterocycles. The molecule has 20 heavy (non-hydrogen) atoms. The fourth-order valence-electron chi connectivity index (χ4n) is 2.63. The zero-order valence-electron chi connectivity index (χ0n) is 12.8. The molecule has 0 bridgehead atoms. The first-order valence-corrected chi connectivity index (χ1v) is 7.37. The van der Waals surface area contributed by atoms with Crippen LogP contribution < -0.4 is 10.6 Å². The Morgan fingerprint density at radius 1 is 1.35 bits per heavy atom. The van der Waals surface area contributed by atoms with Gasteiger partial charge in [-0.15, -0.1) is 0 Å². The van der Waals surface area contributed by atoms with Gasteiger partial charge in [0.2, 0.25) is 0 Å². The summed E-state index contributed by atoms with van der Waals surface area (Å²) < 4.78 is 0. The molecule has 0 amide bonds. The first-order valence-electron chi connectivity index (χ1n) is 7.37. The third-order valence-electron chi connectivity index (χ3n) is 3.95. The molecular weight excluding hydrogens is 248 g/mol. The van der Waals surface area contributed by atoms with E-state index in [1.165, 1.54) is 18.4 Å². The average Bonchev–Trinajstić information content (AvgIpc) is 3.29. The lowest BCUT2D eigenvalue weighted by Gasteiger charge is -2.29. The van der Waals surface area contributed by atoms with Gasteiger partial charge in [0.05, 0.1) is 0 Å². The summed E-state index contributed by atoms with van der Waals surface area (Å²) in [6.07, 6.45) is 2.70. The monoisotopic (exact) mass is 274 g/mol. The summed E-state index contributed by atoms with van der Waals surface area (Å²) in [5, 5.41) is 6.48. The lowest BCUT2D eigenvalue weighted by Crippen LogP contribution is -2.46. The molecule has 1 aromatic rings. The summed E-state index contributed by atoms with van der Waals surface area (Å²) in [6.45, 7) is 1.95. The Balaban J connectivity index is 1.91. The average molecular weight is 274 g/mol. The van der Waals surface area contributed by atoms with Gasteiger partial charge in [-0.3, -0.25) is 9.89 Å². The van der Waals surface area contributed by atoms with Crippen LogP contribution in [0, 0.1) is 5.92 Å². The topological polar surface area (TPSA) is 39.7 Å². The van der Waals surface area contributed by atoms with Gasteiger partial charge < -0.3 is 10.6 Å². The maximum Gasteiger partial charge on any atom is 0.190 e. The van der Waals surface area contributed by atoms with E-state index in [-0.39, 0.29) is 0 Å². The Hall–Kier alpha value is -1.55. The van der Waals surface area contributed by atoms with Gasteiger partial charge in [-0.05, 0) is 31.4 Å². The molecule has 0 saturated heterocycles. The van der Waals surface area contributed by atoms with Gasteiger partial charge in [-0.2, -0.15) is 0 Å². The van der Waals surface area contributed by atoms with Crippen molar-refractivity contribution in [2.24, 2.45) is 10.9 Å². The van der Waals surface area contributed by atoms with Crippen molar-refractivity contribution in [2.45, 2.75) is 25.4 Å². The van der Waals surface area contributed by atoms with Gasteiger partial charge in [0.25, 0.3) is 0 Å². The van der Waals surface area contributed by atoms with E-state index in [9.17, 15) is 0 Å². The predicted molar refractivity (Wildman–Crippen MR) is 84.8 cm³/mol. The fourth-order valence-corrected chi connectivity index (χ4v) is 2.63. The number of nitrogens with zero attached hydrogens (tertiary/aromatic N) is 2. The van der Waals surface area contributed by atoms with Crippen molar-refractivity contribution in [3.63, 3.8) is 0 Å². The largest absolute Gasteiger partial charge is 0.359 e. The molecule has 1 unspecified atom stereocenters. The number of hydrogen-bond acceptors (Lipinski definition) is 2. The Morgan fingerprint density at radius 3 is 2.60 bits per heavy atom. The molecule has 1 aliphatic carbocycles. The van der Waals surface area contributed by atoms with Crippen LogP contribution in [0.5, 0.6) is 0 Å². The van der Waals surface area contributed by atoms with Gasteiger partial charge in [0.1, 0.15) is 0 Å². The summed E-state index contributed by atoms with van der Waals surface area (Å²) in [4.78, 5) is 6.64. The van der Waals surface area contributed by atoms with Crippen LogP contribution in [0.25, 0.3) is 0 Å². The number of hydrogen-bond donors (Lipinski definition) is 2. The van der Waals surface area contributed by atoms with Crippen LogP contribution in [-0.2, 0) is 6.54 Å². The Labute approximate surface area is 122 Å². The van der Waals surface area contributed by atoms with Crippen LogP contribution in [0.3, 0.4) is 0 Å². The smallest absolute Gasteiger partial charge is 0.190 e. The van der Waals surface area contributed by atoms with Crippen molar-refractivity contribution in [3.05, 3.63) is 35.9 Å². The first-order chi connectivity index (χ1) is 9.74. The molecule has 4 nitrogen and oxygen atoms in total. The van der Waals surface area contributed by atoms with E-state index in [0.29, 0.717) is 6.04 Å². The quantitative estimate of drug-likeness (QED) is 0.612. The third-order valence-corrected chi connectivity index (χ3v) is 3.95. The molecular formula is C16H26N4. The highest BCUT2D eigenvalue weighted by atomic mass is 15.2. The van der Waals surface area contributed by atoms with Crippen molar-refractivity contribution in [1.82, 2.24) is 15.5 Å². The van der Waals surface area contributed by atoms with Crippen molar-refractivity contribution in [2.75, 3.05) is 27.7 Å². The van der Waals surface area contributed by atoms with E-state index in [2.05, 4.69) is 57.9 Å². The van der Waals surface area contributed by atoms with Crippen molar-refractivity contribution < 1.29 is 0 Å². The lowest BCUT2D eigenvalue weighted by atomic mass is 10.1. The van der Waals surface area contributed by atoms with E-state index >= 15 is 0 Å². The highest BCUT2D eigenvalue weighted by molar-refractivity contribution is 5.79. The number of likely N-dealkylation sites (N-methyl/N-ethyl adjacent to an activating group) is 1. The Bertz CT molecular complexity index is 425. The molecule has 4 heteroatoms. The van der Waals surface area contributed by atoms with E-state index in [1.54, 1.807) is 7.05 Å². The zero-order valence-corrected chi connectivity index (χ0v) is 12.8. The van der Waals surface area contributed by atoms with Gasteiger partial charge in [0.15, 0.2) is 5.96 Å². The van der Waals surface area contributed by atoms with Gasteiger partial charge in [-0.25, -0.2) is 0 Å². The number of aliphatic imine (C=N–C) groups is 1. The summed E-state index contributed by atoms with van der Waals surface area (Å²) in [6, 6.07) is 11.2. The van der Waals surface area contributed by atoms with Crippen LogP contribution >= 0.6 is 0 Å². The zero-order chi connectivity index (χ0) is 14.4. The van der Waals surface area contributed by atoms with Crippen LogP contribution in [0.15, 0.2) is 35.3 Å². The highest BCUT2D eigenvalue weighted by Crippen LogP contribution is 2.35. The lowest BCUT2D eigenvalue weighted by molar-refractivity contribution is 0.210. The Morgan fingerprint density at radius 2 is 2.05 bits per heavy atom. The summed E-state index contributed by atoms with van der Waals surface area (Å²) >= 11 is 0. The second-order valence-corrected chi connectivity index (χ2v) is 5.51. The van der Waals surface area contributed by atoms with E-state index in [4.69, 9.17) is 0 Å². The maximum atomic E-state index is 4.18. The van der Waals surface area contributed by atoms with Crippen molar-refractivity contribution >= 4 is 5.96 Å². The predicted octanol–water partition coefficient (Wildman–Crippen LogP) is 1.69. The fraction of sp³-hybridized carbons (Fsp3) is 0.562. The van der Waals surface area contributed by atoms with Crippen LogP contribution in [-0.4, -0.2) is 44.6 Å². The molecule has 1 atom stereocenters. The van der Waals surface area contributed by atoms with Gasteiger partial charge >= 0.3 is 0 Å². The molecule has 2 rings (SSSR count). The molecule has 0 radical (unpaired) electrons. The Kier molecular flexibility index (Phi) is 5.41. The molecule has 0 aliphatic heterocycles. The molecule has 0 aromatic heterocycles. The molecule has 110 valence electrons. The van der Waals surface area contributed by atoms with Crippen LogP contribution in [0.4, 0.5) is 0 Å². The molecule has 2 N–H and O–H groups in total. The van der Waals surface area contributed by atoms with Crippen molar-refractivity contribution in [1.29, 1.82) is 0 Å². The molecule has 1 fully saturated rings. The minimum Gasteiger partial charge on any atom is -0.359 e. The van der Waals surface area contributed by atoms with E-state index in [1.807, 2.05) is 7.05 Å². The van der Waals surface area contributed by atoms with E-state index in [0.717, 1.165) is 25.0 Å². The van der Waals surface area contributed by atoms with Gasteiger partial charge in [-0.1, -0.05) is 30.3 Å². The standard InChI is InChI=1S/C16H26N4/c1-17-16(18-2)19-11-15(14-9-10-14)20(3)12-13-7-5-4-6-8-13/h4-8,14-15H,9-12H2,1-3H3,(H2,17,18,19). The van der Waals surface area contributed by atoms with E-state index < -0.39 is 0 Å². The molecule has 1 aromatic carbocycles. The molecule has 1 saturated carbocycles. The molecule has 1 aliphatic rings. The number of guanidine groups is 1. The molecule has 0 spiro atoms. The second kappa shape index (κ2) is 7.29. The van der Waals surface area contributed by atoms with Crippen LogP contribution in [0.1, 0.15) is 18.4 Å². The third kappa shape index (κ3) is 4.23.